The molecule has 0 saturated heterocycles. The smallest absolute Gasteiger partial charge is 0.170 e. The van der Waals surface area contributed by atoms with Crippen LogP contribution < -0.4 is 20.1 Å². The SMILES string of the molecule is CCOc1ccc(CCNC(=S)Nc2c(C)nn(Cc3cccc(F)c3)c2C)cc1OCC. The molecule has 0 amide bonds. The van der Waals surface area contributed by atoms with Crippen LogP contribution >= 0.6 is 12.2 Å². The van der Waals surface area contributed by atoms with E-state index in [9.17, 15) is 4.39 Å². The van der Waals surface area contributed by atoms with Gasteiger partial charge in [-0.3, -0.25) is 4.68 Å². The topological polar surface area (TPSA) is 60.3 Å². The summed E-state index contributed by atoms with van der Waals surface area (Å²) in [4.78, 5) is 0. The van der Waals surface area contributed by atoms with E-state index in [1.54, 1.807) is 6.07 Å². The van der Waals surface area contributed by atoms with Gasteiger partial charge in [0, 0.05) is 6.54 Å². The summed E-state index contributed by atoms with van der Waals surface area (Å²) in [5.41, 5.74) is 4.63. The van der Waals surface area contributed by atoms with Crippen LogP contribution in [-0.4, -0.2) is 34.7 Å². The summed E-state index contributed by atoms with van der Waals surface area (Å²) in [6.45, 7) is 10.1. The van der Waals surface area contributed by atoms with Crippen molar-refractivity contribution < 1.29 is 13.9 Å². The molecule has 0 radical (unpaired) electrons. The summed E-state index contributed by atoms with van der Waals surface area (Å²) in [7, 11) is 0. The highest BCUT2D eigenvalue weighted by Gasteiger charge is 2.13. The second-order valence-corrected chi connectivity index (χ2v) is 8.02. The Balaban J connectivity index is 1.57. The number of thiocarbonyl (C=S) groups is 1. The van der Waals surface area contributed by atoms with Crippen LogP contribution in [0.1, 0.15) is 36.4 Å². The van der Waals surface area contributed by atoms with Gasteiger partial charge in [-0.25, -0.2) is 4.39 Å². The summed E-state index contributed by atoms with van der Waals surface area (Å²) in [6.07, 6.45) is 0.783. The fourth-order valence-corrected chi connectivity index (χ4v) is 3.77. The summed E-state index contributed by atoms with van der Waals surface area (Å²) in [5, 5.41) is 11.6. The van der Waals surface area contributed by atoms with E-state index in [4.69, 9.17) is 21.7 Å². The van der Waals surface area contributed by atoms with Gasteiger partial charge in [-0.15, -0.1) is 0 Å². The van der Waals surface area contributed by atoms with Crippen molar-refractivity contribution in [3.8, 4) is 11.5 Å². The van der Waals surface area contributed by atoms with Crippen LogP contribution in [0.4, 0.5) is 10.1 Å². The molecule has 33 heavy (non-hydrogen) atoms. The van der Waals surface area contributed by atoms with E-state index in [0.29, 0.717) is 31.4 Å². The van der Waals surface area contributed by atoms with E-state index in [1.165, 1.54) is 12.1 Å². The minimum atomic E-state index is -0.251. The number of ether oxygens (including phenoxy) is 2. The Morgan fingerprint density at radius 3 is 2.52 bits per heavy atom. The first-order valence-corrected chi connectivity index (χ1v) is 11.5. The van der Waals surface area contributed by atoms with Crippen LogP contribution in [0, 0.1) is 19.7 Å². The Labute approximate surface area is 200 Å². The molecule has 176 valence electrons. The summed E-state index contributed by atoms with van der Waals surface area (Å²) < 4.78 is 26.7. The molecule has 2 aromatic carbocycles. The van der Waals surface area contributed by atoms with Crippen LogP contribution in [0.3, 0.4) is 0 Å². The van der Waals surface area contributed by atoms with E-state index >= 15 is 0 Å². The van der Waals surface area contributed by atoms with Crippen LogP contribution in [0.25, 0.3) is 0 Å². The molecule has 0 atom stereocenters. The molecule has 2 N–H and O–H groups in total. The molecule has 0 unspecified atom stereocenters. The van der Waals surface area contributed by atoms with E-state index in [-0.39, 0.29) is 5.82 Å². The molecule has 3 aromatic rings. The van der Waals surface area contributed by atoms with Crippen molar-refractivity contribution in [3.05, 3.63) is 70.8 Å². The number of rotatable bonds is 10. The second-order valence-electron chi connectivity index (χ2n) is 7.61. The number of hydrogen-bond donors (Lipinski definition) is 2. The number of hydrogen-bond acceptors (Lipinski definition) is 4. The number of nitrogens with zero attached hydrogens (tertiary/aromatic N) is 2. The maximum atomic E-state index is 13.5. The molecule has 0 fully saturated rings. The standard InChI is InChI=1S/C25H31FN4O2S/c1-5-31-22-11-10-19(15-23(22)32-6-2)12-13-27-25(33)28-24-17(3)29-30(18(24)4)16-20-8-7-9-21(26)14-20/h7-11,14-15H,5-6,12-13,16H2,1-4H3,(H2,27,28,33). The predicted molar refractivity (Wildman–Crippen MR) is 134 cm³/mol. The van der Waals surface area contributed by atoms with Crippen molar-refractivity contribution in [2.24, 2.45) is 0 Å². The average Bonchev–Trinajstić information content (AvgIpc) is 3.03. The number of aryl methyl sites for hydroxylation is 1. The monoisotopic (exact) mass is 470 g/mol. The maximum absolute atomic E-state index is 13.5. The third-order valence-corrected chi connectivity index (χ3v) is 5.39. The highest BCUT2D eigenvalue weighted by Crippen LogP contribution is 2.28. The lowest BCUT2D eigenvalue weighted by Crippen LogP contribution is -2.30. The number of anilines is 1. The van der Waals surface area contributed by atoms with Gasteiger partial charge in [0.2, 0.25) is 0 Å². The first-order chi connectivity index (χ1) is 15.9. The first-order valence-electron chi connectivity index (χ1n) is 11.1. The molecule has 0 aliphatic heterocycles. The van der Waals surface area contributed by atoms with Crippen LogP contribution in [0.15, 0.2) is 42.5 Å². The zero-order chi connectivity index (χ0) is 23.8. The van der Waals surface area contributed by atoms with E-state index in [0.717, 1.165) is 46.1 Å². The fraction of sp³-hybridized carbons (Fsp3) is 0.360. The van der Waals surface area contributed by atoms with Crippen molar-refractivity contribution in [3.63, 3.8) is 0 Å². The molecule has 0 aliphatic rings. The normalized spacial score (nSPS) is 10.7. The van der Waals surface area contributed by atoms with Crippen molar-refractivity contribution in [1.82, 2.24) is 15.1 Å². The van der Waals surface area contributed by atoms with Crippen LogP contribution in [0.5, 0.6) is 11.5 Å². The largest absolute Gasteiger partial charge is 0.490 e. The van der Waals surface area contributed by atoms with E-state index in [1.807, 2.05) is 56.6 Å². The summed E-state index contributed by atoms with van der Waals surface area (Å²) in [5.74, 6) is 1.27. The van der Waals surface area contributed by atoms with Gasteiger partial charge in [-0.1, -0.05) is 18.2 Å². The Hall–Kier alpha value is -3.13. The Morgan fingerprint density at radius 2 is 1.79 bits per heavy atom. The third-order valence-electron chi connectivity index (χ3n) is 5.15. The fourth-order valence-electron chi connectivity index (χ4n) is 3.57. The van der Waals surface area contributed by atoms with Crippen LogP contribution in [0.2, 0.25) is 0 Å². The van der Waals surface area contributed by atoms with Gasteiger partial charge in [0.25, 0.3) is 0 Å². The molecular formula is C25H31FN4O2S. The van der Waals surface area contributed by atoms with E-state index in [2.05, 4.69) is 15.7 Å². The van der Waals surface area contributed by atoms with Gasteiger partial charge >= 0.3 is 0 Å². The highest BCUT2D eigenvalue weighted by molar-refractivity contribution is 7.80. The molecule has 0 bridgehead atoms. The quantitative estimate of drug-likeness (QED) is 0.406. The number of benzene rings is 2. The number of aromatic nitrogens is 2. The first kappa shape index (κ1) is 24.5. The Kier molecular flexibility index (Phi) is 8.65. The van der Waals surface area contributed by atoms with Gasteiger partial charge in [-0.2, -0.15) is 5.10 Å². The molecule has 1 aromatic heterocycles. The minimum absolute atomic E-state index is 0.251. The Bertz CT molecular complexity index is 1100. The molecule has 0 saturated carbocycles. The summed E-state index contributed by atoms with van der Waals surface area (Å²) in [6, 6.07) is 12.5. The maximum Gasteiger partial charge on any atom is 0.170 e. The molecule has 6 nitrogen and oxygen atoms in total. The number of halogens is 1. The average molecular weight is 471 g/mol. The third kappa shape index (κ3) is 6.68. The highest BCUT2D eigenvalue weighted by atomic mass is 32.1. The van der Waals surface area contributed by atoms with Gasteiger partial charge in [0.1, 0.15) is 5.82 Å². The number of nitrogens with one attached hydrogen (secondary N) is 2. The predicted octanol–water partition coefficient (Wildman–Crippen LogP) is 5.01. The van der Waals surface area contributed by atoms with Crippen molar-refractivity contribution in [1.29, 1.82) is 0 Å². The molecule has 3 rings (SSSR count). The van der Waals surface area contributed by atoms with Gasteiger partial charge in [-0.05, 0) is 81.7 Å². The van der Waals surface area contributed by atoms with Crippen molar-refractivity contribution in [2.75, 3.05) is 25.1 Å². The van der Waals surface area contributed by atoms with Crippen molar-refractivity contribution in [2.45, 2.75) is 40.7 Å². The molecule has 1 heterocycles. The lowest BCUT2D eigenvalue weighted by atomic mass is 10.1. The lowest BCUT2D eigenvalue weighted by molar-refractivity contribution is 0.287. The van der Waals surface area contributed by atoms with Crippen molar-refractivity contribution >= 4 is 23.0 Å². The molecular weight excluding hydrogens is 439 g/mol. The minimum Gasteiger partial charge on any atom is -0.490 e. The molecule has 0 aliphatic carbocycles. The molecule has 8 heteroatoms. The molecule has 0 spiro atoms. The van der Waals surface area contributed by atoms with Crippen LogP contribution in [-0.2, 0) is 13.0 Å². The zero-order valence-corrected chi connectivity index (χ0v) is 20.4. The summed E-state index contributed by atoms with van der Waals surface area (Å²) >= 11 is 5.50. The zero-order valence-electron chi connectivity index (χ0n) is 19.6. The van der Waals surface area contributed by atoms with E-state index < -0.39 is 0 Å². The van der Waals surface area contributed by atoms with Gasteiger partial charge < -0.3 is 20.1 Å². The lowest BCUT2D eigenvalue weighted by Gasteiger charge is -2.14. The van der Waals surface area contributed by atoms with Gasteiger partial charge in [0.05, 0.1) is 36.8 Å². The van der Waals surface area contributed by atoms with Gasteiger partial charge in [0.15, 0.2) is 16.6 Å². The second kappa shape index (κ2) is 11.7. The Morgan fingerprint density at radius 1 is 1.03 bits per heavy atom.